The van der Waals surface area contributed by atoms with Crippen molar-refractivity contribution in [3.05, 3.63) is 53.7 Å². The molecule has 0 aliphatic rings. The predicted octanol–water partition coefficient (Wildman–Crippen LogP) is 10.5. The van der Waals surface area contributed by atoms with Crippen LogP contribution in [0.15, 0.2) is 42.6 Å². The monoisotopic (exact) mass is 523 g/mol. The average molecular weight is 524 g/mol. The molecule has 0 spiro atoms. The van der Waals surface area contributed by atoms with E-state index in [0.717, 1.165) is 43.9 Å². The van der Waals surface area contributed by atoms with Crippen molar-refractivity contribution in [2.45, 2.75) is 121 Å². The van der Waals surface area contributed by atoms with Gasteiger partial charge in [-0.15, -0.1) is 0 Å². The summed E-state index contributed by atoms with van der Waals surface area (Å²) < 4.78 is 12.0. The van der Waals surface area contributed by atoms with E-state index < -0.39 is 0 Å². The highest BCUT2D eigenvalue weighted by molar-refractivity contribution is 5.30. The van der Waals surface area contributed by atoms with Gasteiger partial charge in [0.2, 0.25) is 5.88 Å². The summed E-state index contributed by atoms with van der Waals surface area (Å²) in [4.78, 5) is 4.60. The lowest BCUT2D eigenvalue weighted by Gasteiger charge is -2.36. The van der Waals surface area contributed by atoms with Gasteiger partial charge < -0.3 is 9.47 Å². The highest BCUT2D eigenvalue weighted by Gasteiger charge is 2.30. The van der Waals surface area contributed by atoms with Crippen molar-refractivity contribution in [3.8, 4) is 11.6 Å². The first-order valence-corrected chi connectivity index (χ1v) is 14.7. The zero-order valence-electron chi connectivity index (χ0n) is 26.7. The van der Waals surface area contributed by atoms with E-state index in [1.165, 1.54) is 11.1 Å². The molecule has 0 saturated heterocycles. The van der Waals surface area contributed by atoms with Crippen LogP contribution in [0.25, 0.3) is 0 Å². The van der Waals surface area contributed by atoms with Crippen LogP contribution in [-0.2, 0) is 0 Å². The first kappa shape index (κ1) is 32.2. The van der Waals surface area contributed by atoms with Gasteiger partial charge in [-0.25, -0.2) is 4.98 Å². The minimum Gasteiger partial charge on any atom is -0.494 e. The Balaban J connectivity index is 1.83. The molecule has 0 aliphatic carbocycles. The molecule has 2 rings (SSSR count). The zero-order chi connectivity index (χ0) is 28.8. The molecule has 0 bridgehead atoms. The van der Waals surface area contributed by atoms with E-state index in [-0.39, 0.29) is 21.7 Å². The fourth-order valence-corrected chi connectivity index (χ4v) is 4.45. The third-order valence-corrected chi connectivity index (χ3v) is 8.71. The Hall–Kier alpha value is -2.03. The Morgan fingerprint density at radius 1 is 0.632 bits per heavy atom. The standard InChI is InChI=1S/C35H57NO2/c1-26(33(6,7)8)28-13-16-30(17-14-28)37-24-22-34(9,10)19-20-35(11,12)27(2)29-15-18-31(36-25-29)38-23-21-32(3,4)5/h13-18,25-27H,19-24H2,1-12H3. The molecule has 2 atom stereocenters. The van der Waals surface area contributed by atoms with Crippen molar-refractivity contribution in [1.82, 2.24) is 4.98 Å². The minimum atomic E-state index is 0.175. The minimum absolute atomic E-state index is 0.175. The zero-order valence-corrected chi connectivity index (χ0v) is 26.7. The fourth-order valence-electron chi connectivity index (χ4n) is 4.45. The second kappa shape index (κ2) is 12.9. The number of nitrogens with zero attached hydrogens (tertiary/aromatic N) is 1. The highest BCUT2D eigenvalue weighted by atomic mass is 16.5. The number of benzene rings is 1. The Labute approximate surface area is 235 Å². The van der Waals surface area contributed by atoms with E-state index in [1.54, 1.807) is 0 Å². The quantitative estimate of drug-likeness (QED) is 0.262. The molecule has 2 aromatic rings. The third-order valence-electron chi connectivity index (χ3n) is 8.71. The lowest BCUT2D eigenvalue weighted by Crippen LogP contribution is -2.24. The van der Waals surface area contributed by atoms with E-state index in [0.29, 0.717) is 18.4 Å². The van der Waals surface area contributed by atoms with Crippen LogP contribution in [0.1, 0.15) is 132 Å². The molecule has 0 radical (unpaired) electrons. The molecule has 1 heterocycles. The Morgan fingerprint density at radius 3 is 1.74 bits per heavy atom. The van der Waals surface area contributed by atoms with Gasteiger partial charge in [0.1, 0.15) is 5.75 Å². The maximum absolute atomic E-state index is 6.15. The van der Waals surface area contributed by atoms with Gasteiger partial charge in [0.05, 0.1) is 13.2 Å². The van der Waals surface area contributed by atoms with E-state index >= 15 is 0 Å². The number of rotatable bonds is 13. The normalized spacial score (nSPS) is 14.7. The largest absolute Gasteiger partial charge is 0.494 e. The maximum Gasteiger partial charge on any atom is 0.213 e. The third kappa shape index (κ3) is 10.6. The summed E-state index contributed by atoms with van der Waals surface area (Å²) in [5.41, 5.74) is 3.59. The van der Waals surface area contributed by atoms with Gasteiger partial charge in [-0.3, -0.25) is 0 Å². The van der Waals surface area contributed by atoms with Gasteiger partial charge in [-0.1, -0.05) is 101 Å². The fraction of sp³-hybridized carbons (Fsp3) is 0.686. The molecular weight excluding hydrogens is 466 g/mol. The van der Waals surface area contributed by atoms with Crippen LogP contribution < -0.4 is 9.47 Å². The molecule has 0 N–H and O–H groups in total. The smallest absolute Gasteiger partial charge is 0.213 e. The lowest BCUT2D eigenvalue weighted by atomic mass is 9.70. The molecule has 38 heavy (non-hydrogen) atoms. The van der Waals surface area contributed by atoms with Gasteiger partial charge in [0.15, 0.2) is 0 Å². The van der Waals surface area contributed by atoms with E-state index in [4.69, 9.17) is 9.47 Å². The summed E-state index contributed by atoms with van der Waals surface area (Å²) in [5.74, 6) is 2.63. The second-order valence-electron chi connectivity index (χ2n) is 15.2. The molecule has 1 aromatic heterocycles. The van der Waals surface area contributed by atoms with E-state index in [1.807, 2.05) is 12.3 Å². The number of aromatic nitrogens is 1. The number of hydrogen-bond donors (Lipinski definition) is 0. The van der Waals surface area contributed by atoms with Crippen LogP contribution in [0.5, 0.6) is 11.6 Å². The van der Waals surface area contributed by atoms with Gasteiger partial charge in [0.25, 0.3) is 0 Å². The molecular formula is C35H57NO2. The van der Waals surface area contributed by atoms with Crippen LogP contribution in [0, 0.1) is 21.7 Å². The molecule has 2 unspecified atom stereocenters. The van der Waals surface area contributed by atoms with Crippen molar-refractivity contribution in [1.29, 1.82) is 0 Å². The summed E-state index contributed by atoms with van der Waals surface area (Å²) >= 11 is 0. The van der Waals surface area contributed by atoms with Gasteiger partial charge in [0, 0.05) is 12.3 Å². The molecule has 0 aliphatic heterocycles. The molecule has 0 fully saturated rings. The summed E-state index contributed by atoms with van der Waals surface area (Å²) in [6.07, 6.45) is 6.39. The summed E-state index contributed by atoms with van der Waals surface area (Å²) in [5, 5.41) is 0. The number of pyridine rings is 1. The average Bonchev–Trinajstić information content (AvgIpc) is 2.81. The van der Waals surface area contributed by atoms with Gasteiger partial charge in [-0.2, -0.15) is 0 Å². The van der Waals surface area contributed by atoms with Gasteiger partial charge >= 0.3 is 0 Å². The number of hydrogen-bond acceptors (Lipinski definition) is 3. The predicted molar refractivity (Wildman–Crippen MR) is 163 cm³/mol. The van der Waals surface area contributed by atoms with Crippen molar-refractivity contribution < 1.29 is 9.47 Å². The molecule has 3 heteroatoms. The molecule has 0 amide bonds. The molecule has 0 saturated carbocycles. The van der Waals surface area contributed by atoms with Crippen LogP contribution in [-0.4, -0.2) is 18.2 Å². The second-order valence-corrected chi connectivity index (χ2v) is 15.2. The maximum atomic E-state index is 6.15. The Bertz CT molecular complexity index is 959. The lowest BCUT2D eigenvalue weighted by molar-refractivity contribution is 0.173. The van der Waals surface area contributed by atoms with Crippen LogP contribution in [0.3, 0.4) is 0 Å². The first-order chi connectivity index (χ1) is 17.4. The van der Waals surface area contributed by atoms with Crippen molar-refractivity contribution in [2.75, 3.05) is 13.2 Å². The van der Waals surface area contributed by atoms with E-state index in [9.17, 15) is 0 Å². The van der Waals surface area contributed by atoms with Crippen molar-refractivity contribution >= 4 is 0 Å². The van der Waals surface area contributed by atoms with Crippen LogP contribution in [0.2, 0.25) is 0 Å². The first-order valence-electron chi connectivity index (χ1n) is 14.7. The molecule has 214 valence electrons. The molecule has 1 aromatic carbocycles. The summed E-state index contributed by atoms with van der Waals surface area (Å²) in [6, 6.07) is 12.9. The Kier molecular flexibility index (Phi) is 10.9. The topological polar surface area (TPSA) is 31.4 Å². The highest BCUT2D eigenvalue weighted by Crippen LogP contribution is 2.42. The van der Waals surface area contributed by atoms with Crippen LogP contribution >= 0.6 is 0 Å². The van der Waals surface area contributed by atoms with Crippen molar-refractivity contribution in [3.63, 3.8) is 0 Å². The van der Waals surface area contributed by atoms with Crippen molar-refractivity contribution in [2.24, 2.45) is 21.7 Å². The molecule has 3 nitrogen and oxygen atoms in total. The van der Waals surface area contributed by atoms with E-state index in [2.05, 4.69) is 118 Å². The van der Waals surface area contributed by atoms with Gasteiger partial charge in [-0.05, 0) is 82.4 Å². The summed E-state index contributed by atoms with van der Waals surface area (Å²) in [6.45, 7) is 29.2. The summed E-state index contributed by atoms with van der Waals surface area (Å²) in [7, 11) is 0. The Morgan fingerprint density at radius 2 is 1.21 bits per heavy atom. The number of ether oxygens (including phenoxy) is 2. The van der Waals surface area contributed by atoms with Crippen LogP contribution in [0.4, 0.5) is 0 Å². The SMILES string of the molecule is CC(c1ccc(OCCC(C)(C)CCC(C)(C)C(C)c2ccc(OCCC(C)(C)C)nc2)cc1)C(C)(C)C.